The van der Waals surface area contributed by atoms with Crippen molar-refractivity contribution in [2.75, 3.05) is 5.73 Å². The fourth-order valence-electron chi connectivity index (χ4n) is 4.25. The summed E-state index contributed by atoms with van der Waals surface area (Å²) in [4.78, 5) is 31.5. The maximum absolute atomic E-state index is 13.1. The highest BCUT2D eigenvalue weighted by atomic mass is 32.1. The summed E-state index contributed by atoms with van der Waals surface area (Å²) < 4.78 is 1.71. The number of nitrogen functional groups attached to an aromatic ring is 1. The summed E-state index contributed by atoms with van der Waals surface area (Å²) in [5.41, 5.74) is 8.05. The van der Waals surface area contributed by atoms with Gasteiger partial charge in [0.05, 0.1) is 23.5 Å². The Balaban J connectivity index is 1.39. The van der Waals surface area contributed by atoms with Gasteiger partial charge < -0.3 is 26.2 Å². The van der Waals surface area contributed by atoms with Crippen LogP contribution in [-0.4, -0.2) is 59.9 Å². The summed E-state index contributed by atoms with van der Waals surface area (Å²) in [5.74, 6) is -1.54. The third kappa shape index (κ3) is 4.81. The van der Waals surface area contributed by atoms with Gasteiger partial charge in [-0.15, -0.1) is 11.3 Å². The molecule has 3 heterocycles. The Kier molecular flexibility index (Phi) is 6.96. The Morgan fingerprint density at radius 3 is 2.56 bits per heavy atom. The zero-order valence-corrected chi connectivity index (χ0v) is 19.7. The fourth-order valence-corrected chi connectivity index (χ4v) is 4.86. The second-order valence-electron chi connectivity index (χ2n) is 8.46. The predicted molar refractivity (Wildman–Crippen MR) is 127 cm³/mol. The van der Waals surface area contributed by atoms with E-state index in [1.807, 2.05) is 43.5 Å². The zero-order valence-electron chi connectivity index (χ0n) is 18.9. The zero-order chi connectivity index (χ0) is 24.4. The molecule has 0 unspecified atom stereocenters. The van der Waals surface area contributed by atoms with Crippen LogP contribution in [0.5, 0.6) is 0 Å². The number of amides is 2. The smallest absolute Gasteiger partial charge is 0.255 e. The van der Waals surface area contributed by atoms with Gasteiger partial charge in [0.15, 0.2) is 17.3 Å². The van der Waals surface area contributed by atoms with Crippen molar-refractivity contribution in [2.24, 2.45) is 0 Å². The molecule has 0 saturated carbocycles. The summed E-state index contributed by atoms with van der Waals surface area (Å²) in [6.07, 6.45) is 1.08. The molecule has 1 aliphatic rings. The fraction of sp³-hybridized carbons (Fsp3) is 0.391. The average molecular weight is 485 g/mol. The number of carbonyl (C=O) groups excluding carboxylic acids is 2. The maximum Gasteiger partial charge on any atom is 0.255 e. The van der Waals surface area contributed by atoms with Crippen molar-refractivity contribution in [3.63, 3.8) is 0 Å². The number of likely N-dealkylation sites (tertiary alicyclic amines) is 1. The molecule has 0 bridgehead atoms. The molecule has 180 valence electrons. The lowest BCUT2D eigenvalue weighted by Gasteiger charge is -2.31. The second-order valence-corrected chi connectivity index (χ2v) is 9.35. The number of nitrogens with two attached hydrogens (primary N) is 1. The van der Waals surface area contributed by atoms with Crippen LogP contribution in [0, 0.1) is 0 Å². The third-order valence-corrected chi connectivity index (χ3v) is 6.84. The normalized spacial score (nSPS) is 20.6. The number of aliphatic hydroxyl groups excluding tert-OH is 2. The first-order chi connectivity index (χ1) is 16.3. The third-order valence-electron chi connectivity index (χ3n) is 6.15. The van der Waals surface area contributed by atoms with Crippen LogP contribution in [0.25, 0.3) is 5.69 Å². The number of rotatable bonds is 7. The molecule has 1 saturated heterocycles. The number of nitrogens with zero attached hydrogens (tertiary/aromatic N) is 4. The number of hydrogen-bond acceptors (Lipinski definition) is 8. The Hall–Kier alpha value is -3.28. The summed E-state index contributed by atoms with van der Waals surface area (Å²) in [7, 11) is 0. The van der Waals surface area contributed by atoms with Crippen molar-refractivity contribution < 1.29 is 19.8 Å². The number of nitrogens with one attached hydrogen (secondary N) is 1. The first kappa shape index (κ1) is 23.9. The minimum atomic E-state index is -1.91. The summed E-state index contributed by atoms with van der Waals surface area (Å²) in [5, 5.41) is 30.1. The Morgan fingerprint density at radius 2 is 1.94 bits per heavy atom. The number of aliphatic hydroxyl groups is 2. The highest BCUT2D eigenvalue weighted by Crippen LogP contribution is 2.37. The van der Waals surface area contributed by atoms with Crippen LogP contribution < -0.4 is 11.1 Å². The van der Waals surface area contributed by atoms with Crippen molar-refractivity contribution in [2.45, 2.75) is 57.0 Å². The molecule has 5 N–H and O–H groups in total. The van der Waals surface area contributed by atoms with Gasteiger partial charge in [-0.25, -0.2) is 9.67 Å². The number of benzene rings is 1. The molecule has 5 atom stereocenters. The molecule has 10 nitrogen and oxygen atoms in total. The first-order valence-electron chi connectivity index (χ1n) is 11.1. The molecule has 0 spiro atoms. The molecule has 4 rings (SSSR count). The molecular weight excluding hydrogens is 456 g/mol. The summed E-state index contributed by atoms with van der Waals surface area (Å²) >= 11 is 1.28. The minimum Gasteiger partial charge on any atom is -0.380 e. The molecule has 0 radical (unpaired) electrons. The maximum atomic E-state index is 13.1. The number of hydrogen-bond donors (Lipinski definition) is 4. The van der Waals surface area contributed by atoms with E-state index in [-0.39, 0.29) is 12.1 Å². The van der Waals surface area contributed by atoms with E-state index < -0.39 is 30.1 Å². The van der Waals surface area contributed by atoms with Crippen LogP contribution in [-0.2, 0) is 9.59 Å². The van der Waals surface area contributed by atoms with Crippen molar-refractivity contribution in [3.8, 4) is 5.69 Å². The predicted octanol–water partition coefficient (Wildman–Crippen LogP) is 1.56. The minimum absolute atomic E-state index is 0.169. The van der Waals surface area contributed by atoms with Gasteiger partial charge in [-0.2, -0.15) is 5.10 Å². The van der Waals surface area contributed by atoms with Gasteiger partial charge in [0.2, 0.25) is 0 Å². The van der Waals surface area contributed by atoms with Crippen LogP contribution >= 0.6 is 11.3 Å². The number of anilines is 1. The van der Waals surface area contributed by atoms with Gasteiger partial charge in [-0.05, 0) is 50.5 Å². The van der Waals surface area contributed by atoms with Crippen molar-refractivity contribution >= 4 is 28.3 Å². The molecule has 1 aromatic carbocycles. The van der Waals surface area contributed by atoms with E-state index in [2.05, 4.69) is 15.4 Å². The SMILES string of the molecule is C[C@@H]1CC[C@H](c2csc(N)n2)N1C(=O)[C@H](O)[C@@H](O)C(=O)N[C@H](C)c1ccc(-n2cccn2)cc1. The van der Waals surface area contributed by atoms with E-state index in [9.17, 15) is 19.8 Å². The topological polar surface area (TPSA) is 147 Å². The van der Waals surface area contributed by atoms with Crippen LogP contribution in [0.3, 0.4) is 0 Å². The standard InChI is InChI=1S/C23H28N6O4S/c1-13-4-9-18(17-12-34-23(24)27-17)29(13)22(33)20(31)19(30)21(32)26-14(2)15-5-7-16(8-6-15)28-11-3-10-25-28/h3,5-8,10-14,18-20,30-31H,4,9H2,1-2H3,(H2,24,27)(H,26,32)/t13-,14-,18-,19-,20-/m1/s1. The lowest BCUT2D eigenvalue weighted by molar-refractivity contribution is -0.155. The average Bonchev–Trinajstić information content (AvgIpc) is 3.59. The molecular formula is C23H28N6O4S. The van der Waals surface area contributed by atoms with E-state index in [0.717, 1.165) is 11.3 Å². The van der Waals surface area contributed by atoms with Crippen LogP contribution in [0.1, 0.15) is 50.0 Å². The second kappa shape index (κ2) is 9.92. The lowest BCUT2D eigenvalue weighted by atomic mass is 10.1. The number of aromatic nitrogens is 3. The quantitative estimate of drug-likeness (QED) is 0.398. The van der Waals surface area contributed by atoms with Crippen molar-refractivity contribution in [1.82, 2.24) is 25.0 Å². The highest BCUT2D eigenvalue weighted by Gasteiger charge is 2.42. The van der Waals surface area contributed by atoms with Gasteiger partial charge >= 0.3 is 0 Å². The van der Waals surface area contributed by atoms with Gasteiger partial charge in [-0.3, -0.25) is 9.59 Å². The summed E-state index contributed by atoms with van der Waals surface area (Å²) in [6.45, 7) is 3.62. The van der Waals surface area contributed by atoms with Gasteiger partial charge in [0.1, 0.15) is 0 Å². The Bertz CT molecular complexity index is 1130. The Morgan fingerprint density at radius 1 is 1.21 bits per heavy atom. The molecule has 0 aliphatic carbocycles. The van der Waals surface area contributed by atoms with Crippen molar-refractivity contribution in [3.05, 3.63) is 59.4 Å². The van der Waals surface area contributed by atoms with Gasteiger partial charge in [0.25, 0.3) is 11.8 Å². The van der Waals surface area contributed by atoms with Crippen LogP contribution in [0.15, 0.2) is 48.1 Å². The monoisotopic (exact) mass is 484 g/mol. The van der Waals surface area contributed by atoms with E-state index in [0.29, 0.717) is 23.7 Å². The molecule has 2 aromatic heterocycles. The van der Waals surface area contributed by atoms with E-state index in [4.69, 9.17) is 5.73 Å². The van der Waals surface area contributed by atoms with Crippen LogP contribution in [0.4, 0.5) is 5.13 Å². The largest absolute Gasteiger partial charge is 0.380 e. The molecule has 3 aromatic rings. The van der Waals surface area contributed by atoms with Crippen LogP contribution in [0.2, 0.25) is 0 Å². The highest BCUT2D eigenvalue weighted by molar-refractivity contribution is 7.13. The van der Waals surface area contributed by atoms with Gasteiger partial charge in [0, 0.05) is 23.8 Å². The summed E-state index contributed by atoms with van der Waals surface area (Å²) in [6, 6.07) is 8.25. The molecule has 34 heavy (non-hydrogen) atoms. The van der Waals surface area contributed by atoms with Gasteiger partial charge in [-0.1, -0.05) is 12.1 Å². The molecule has 11 heteroatoms. The van der Waals surface area contributed by atoms with Crippen molar-refractivity contribution in [1.29, 1.82) is 0 Å². The first-order valence-corrected chi connectivity index (χ1v) is 11.9. The lowest BCUT2D eigenvalue weighted by Crippen LogP contribution is -2.52. The number of carbonyl (C=O) groups is 2. The Labute approximate surface area is 201 Å². The molecule has 1 fully saturated rings. The van der Waals surface area contributed by atoms with E-state index in [1.54, 1.807) is 23.2 Å². The molecule has 1 aliphatic heterocycles. The van der Waals surface area contributed by atoms with E-state index >= 15 is 0 Å². The number of thiazole rings is 1. The van der Waals surface area contributed by atoms with E-state index in [1.165, 1.54) is 16.2 Å². The molecule has 2 amide bonds.